The minimum absolute atomic E-state index is 0.0877. The molecule has 0 bridgehead atoms. The second kappa shape index (κ2) is 13.2. The van der Waals surface area contributed by atoms with Gasteiger partial charge in [-0.3, -0.25) is 4.90 Å². The van der Waals surface area contributed by atoms with Gasteiger partial charge >= 0.3 is 6.18 Å². The predicted molar refractivity (Wildman–Crippen MR) is 146 cm³/mol. The average molecular weight is 586 g/mol. The molecule has 0 aliphatic heterocycles. The zero-order chi connectivity index (χ0) is 28.8. The van der Waals surface area contributed by atoms with Crippen LogP contribution in [0.3, 0.4) is 0 Å². The number of benzene rings is 3. The number of sulfone groups is 1. The highest BCUT2D eigenvalue weighted by atomic mass is 35.5. The smallest absolute Gasteiger partial charge is 0.417 e. The lowest BCUT2D eigenvalue weighted by molar-refractivity contribution is -0.137. The predicted octanol–water partition coefficient (Wildman–Crippen LogP) is 7.54. The van der Waals surface area contributed by atoms with Gasteiger partial charge in [0.25, 0.3) is 0 Å². The molecule has 0 N–H and O–H groups in total. The largest absolute Gasteiger partial charge is 0.493 e. The molecular weight excluding hydrogens is 554 g/mol. The van der Waals surface area contributed by atoms with E-state index in [1.807, 2.05) is 42.2 Å². The zero-order valence-electron chi connectivity index (χ0n) is 22.1. The molecule has 10 heteroatoms. The van der Waals surface area contributed by atoms with E-state index in [9.17, 15) is 26.0 Å². The van der Waals surface area contributed by atoms with Gasteiger partial charge < -0.3 is 4.74 Å². The minimum Gasteiger partial charge on any atom is -0.493 e. The van der Waals surface area contributed by atoms with Gasteiger partial charge in [-0.05, 0) is 42.0 Å². The van der Waals surface area contributed by atoms with Gasteiger partial charge in [0, 0.05) is 37.5 Å². The molecule has 39 heavy (non-hydrogen) atoms. The van der Waals surface area contributed by atoms with Crippen molar-refractivity contribution < 1.29 is 30.7 Å². The molecule has 3 aromatic carbocycles. The molecule has 0 aliphatic carbocycles. The standard InChI is InChI=1S/C29H32ClF4NO3S/c1-4-24-26(31)16-23(17-27(24)39(3,36)37)38-15-9-14-35(18-20(2)21-10-6-5-7-11-21)19-22-12-8-13-25(28(22)30)29(32,33)34/h5-8,10-13,16-17,20H,4,9,14-15,18-19H2,1-3H3/t20-/m0/s1. The highest BCUT2D eigenvalue weighted by Gasteiger charge is 2.34. The molecule has 0 heterocycles. The van der Waals surface area contributed by atoms with Crippen molar-refractivity contribution in [2.45, 2.75) is 50.2 Å². The molecule has 0 spiro atoms. The Morgan fingerprint density at radius 3 is 2.36 bits per heavy atom. The van der Waals surface area contributed by atoms with Crippen molar-refractivity contribution in [2.75, 3.05) is 26.0 Å². The Kier molecular flexibility index (Phi) is 10.4. The van der Waals surface area contributed by atoms with Crippen molar-refractivity contribution in [3.63, 3.8) is 0 Å². The summed E-state index contributed by atoms with van der Waals surface area (Å²) in [6, 6.07) is 16.2. The maximum Gasteiger partial charge on any atom is 0.417 e. The SMILES string of the molecule is CCc1c(F)cc(OCCCN(Cc2cccc(C(F)(F)F)c2Cl)C[C@H](C)c2ccccc2)cc1S(C)(=O)=O. The Bertz CT molecular complexity index is 1360. The zero-order valence-corrected chi connectivity index (χ0v) is 23.6. The Labute approximate surface area is 232 Å². The lowest BCUT2D eigenvalue weighted by atomic mass is 10.00. The molecule has 0 saturated heterocycles. The van der Waals surface area contributed by atoms with Crippen LogP contribution in [-0.2, 0) is 29.0 Å². The van der Waals surface area contributed by atoms with Crippen LogP contribution < -0.4 is 4.74 Å². The lowest BCUT2D eigenvalue weighted by Gasteiger charge is -2.27. The van der Waals surface area contributed by atoms with Gasteiger partial charge in [-0.2, -0.15) is 13.2 Å². The van der Waals surface area contributed by atoms with Crippen LogP contribution >= 0.6 is 11.6 Å². The van der Waals surface area contributed by atoms with E-state index in [2.05, 4.69) is 0 Å². The van der Waals surface area contributed by atoms with Gasteiger partial charge in [-0.1, -0.05) is 67.9 Å². The Morgan fingerprint density at radius 2 is 1.74 bits per heavy atom. The second-order valence-corrected chi connectivity index (χ2v) is 11.9. The number of ether oxygens (including phenoxy) is 1. The first kappa shape index (κ1) is 30.9. The molecule has 0 saturated carbocycles. The van der Waals surface area contributed by atoms with Crippen LogP contribution in [0.2, 0.25) is 5.02 Å². The normalized spacial score (nSPS) is 13.1. The number of rotatable bonds is 12. The van der Waals surface area contributed by atoms with Gasteiger partial charge in [0.2, 0.25) is 0 Å². The summed E-state index contributed by atoms with van der Waals surface area (Å²) in [5, 5.41) is -0.321. The number of hydrogen-bond donors (Lipinski definition) is 0. The summed E-state index contributed by atoms with van der Waals surface area (Å²) in [5.74, 6) is -0.451. The van der Waals surface area contributed by atoms with Crippen LogP contribution in [0.1, 0.15) is 48.4 Å². The highest BCUT2D eigenvalue weighted by Crippen LogP contribution is 2.36. The number of alkyl halides is 3. The first-order valence-electron chi connectivity index (χ1n) is 12.6. The fourth-order valence-electron chi connectivity index (χ4n) is 4.49. The third kappa shape index (κ3) is 8.43. The van der Waals surface area contributed by atoms with E-state index in [1.165, 1.54) is 18.2 Å². The first-order valence-corrected chi connectivity index (χ1v) is 14.8. The first-order chi connectivity index (χ1) is 18.3. The minimum atomic E-state index is -4.56. The van der Waals surface area contributed by atoms with E-state index in [0.29, 0.717) is 25.1 Å². The maximum atomic E-state index is 14.5. The van der Waals surface area contributed by atoms with E-state index in [1.54, 1.807) is 13.0 Å². The van der Waals surface area contributed by atoms with Crippen LogP contribution in [0.5, 0.6) is 5.75 Å². The lowest BCUT2D eigenvalue weighted by Crippen LogP contribution is -2.30. The van der Waals surface area contributed by atoms with Crippen LogP contribution in [0, 0.1) is 5.82 Å². The van der Waals surface area contributed by atoms with Crippen molar-refractivity contribution in [3.05, 3.63) is 93.8 Å². The summed E-state index contributed by atoms with van der Waals surface area (Å²) in [4.78, 5) is 1.91. The molecule has 0 radical (unpaired) electrons. The van der Waals surface area contributed by atoms with E-state index in [0.717, 1.165) is 17.9 Å². The van der Waals surface area contributed by atoms with Crippen LogP contribution in [0.4, 0.5) is 17.6 Å². The van der Waals surface area contributed by atoms with Crippen molar-refractivity contribution in [1.82, 2.24) is 4.90 Å². The van der Waals surface area contributed by atoms with Gasteiger partial charge in [-0.25, -0.2) is 12.8 Å². The van der Waals surface area contributed by atoms with Crippen LogP contribution in [0.15, 0.2) is 65.6 Å². The number of nitrogens with zero attached hydrogens (tertiary/aromatic N) is 1. The van der Waals surface area contributed by atoms with Crippen LogP contribution in [-0.4, -0.2) is 39.3 Å². The Morgan fingerprint density at radius 1 is 1.05 bits per heavy atom. The van der Waals surface area contributed by atoms with Crippen molar-refractivity contribution in [2.24, 2.45) is 0 Å². The Hall–Kier alpha value is -2.62. The average Bonchev–Trinajstić information content (AvgIpc) is 2.86. The van der Waals surface area contributed by atoms with Gasteiger partial charge in [0.05, 0.1) is 22.1 Å². The fourth-order valence-corrected chi connectivity index (χ4v) is 5.81. The quantitative estimate of drug-likeness (QED) is 0.163. The van der Waals surface area contributed by atoms with E-state index in [-0.39, 0.29) is 46.7 Å². The van der Waals surface area contributed by atoms with E-state index < -0.39 is 27.4 Å². The Balaban J connectivity index is 1.75. The molecule has 0 unspecified atom stereocenters. The monoisotopic (exact) mass is 585 g/mol. The topological polar surface area (TPSA) is 46.6 Å². The number of halogens is 5. The molecule has 0 aromatic heterocycles. The van der Waals surface area contributed by atoms with E-state index >= 15 is 0 Å². The number of hydrogen-bond acceptors (Lipinski definition) is 4. The third-order valence-electron chi connectivity index (χ3n) is 6.45. The molecule has 0 aliphatic rings. The molecule has 3 rings (SSSR count). The molecular formula is C29H32ClF4NO3S. The molecule has 4 nitrogen and oxygen atoms in total. The van der Waals surface area contributed by atoms with Gasteiger partial charge in [0.15, 0.2) is 9.84 Å². The molecule has 0 amide bonds. The summed E-state index contributed by atoms with van der Waals surface area (Å²) in [5.41, 5.74) is 0.695. The molecule has 1 atom stereocenters. The molecule has 0 fully saturated rings. The van der Waals surface area contributed by atoms with Gasteiger partial charge in [0.1, 0.15) is 11.6 Å². The summed E-state index contributed by atoms with van der Waals surface area (Å²) < 4.78 is 84.7. The van der Waals surface area contributed by atoms with E-state index in [4.69, 9.17) is 16.3 Å². The van der Waals surface area contributed by atoms with Gasteiger partial charge in [-0.15, -0.1) is 0 Å². The second-order valence-electron chi connectivity index (χ2n) is 9.53. The fraction of sp³-hybridized carbons (Fsp3) is 0.379. The maximum absolute atomic E-state index is 14.5. The third-order valence-corrected chi connectivity index (χ3v) is 8.06. The highest BCUT2D eigenvalue weighted by molar-refractivity contribution is 7.90. The molecule has 3 aromatic rings. The van der Waals surface area contributed by atoms with Crippen molar-refractivity contribution >= 4 is 21.4 Å². The summed E-state index contributed by atoms with van der Waals surface area (Å²) in [6.45, 7) is 5.07. The molecule has 212 valence electrons. The van der Waals surface area contributed by atoms with Crippen LogP contribution in [0.25, 0.3) is 0 Å². The summed E-state index contributed by atoms with van der Waals surface area (Å²) >= 11 is 6.17. The van der Waals surface area contributed by atoms with Crippen molar-refractivity contribution in [1.29, 1.82) is 0 Å². The summed E-state index contributed by atoms with van der Waals surface area (Å²) in [7, 11) is -3.65. The van der Waals surface area contributed by atoms with Crippen molar-refractivity contribution in [3.8, 4) is 5.75 Å². The summed E-state index contributed by atoms with van der Waals surface area (Å²) in [6.07, 6.45) is -2.85.